The minimum atomic E-state index is -0.592. The van der Waals surface area contributed by atoms with Gasteiger partial charge in [-0.25, -0.2) is 0 Å². The van der Waals surface area contributed by atoms with Crippen LogP contribution in [-0.4, -0.2) is 16.6 Å². The average molecular weight is 268 g/mol. The zero-order valence-corrected chi connectivity index (χ0v) is 10.1. The van der Waals surface area contributed by atoms with Gasteiger partial charge in [-0.1, -0.05) is 23.2 Å². The Morgan fingerprint density at radius 3 is 2.41 bits per heavy atom. The van der Waals surface area contributed by atoms with Crippen LogP contribution in [0.2, 0.25) is 10.0 Å². The van der Waals surface area contributed by atoms with Gasteiger partial charge in [-0.2, -0.15) is 0 Å². The Morgan fingerprint density at radius 1 is 1.18 bits per heavy atom. The van der Waals surface area contributed by atoms with Crippen molar-refractivity contribution in [2.75, 3.05) is 0 Å². The van der Waals surface area contributed by atoms with Gasteiger partial charge in [0.05, 0.1) is 5.69 Å². The maximum atomic E-state index is 11.4. The summed E-state index contributed by atoms with van der Waals surface area (Å²) in [6, 6.07) is 8.15. The van der Waals surface area contributed by atoms with Crippen molar-refractivity contribution >= 4 is 35.3 Å². The highest BCUT2D eigenvalue weighted by atomic mass is 35.5. The van der Waals surface area contributed by atoms with E-state index in [1.54, 1.807) is 41.1 Å². The van der Waals surface area contributed by atoms with Gasteiger partial charge in [0.1, 0.15) is 0 Å². The number of halogens is 2. The fraction of sp³-hybridized carbons (Fsp3) is 0. The third kappa shape index (κ3) is 2.40. The number of benzene rings is 1. The van der Waals surface area contributed by atoms with Crippen molar-refractivity contribution in [1.82, 2.24) is 4.57 Å². The summed E-state index contributed by atoms with van der Waals surface area (Å²) in [7, 11) is 0. The molecule has 0 fully saturated rings. The normalized spacial score (nSPS) is 10.2. The van der Waals surface area contributed by atoms with Crippen LogP contribution < -0.4 is 0 Å². The minimum Gasteiger partial charge on any atom is -0.313 e. The Bertz CT molecular complexity index is 570. The lowest BCUT2D eigenvalue weighted by atomic mass is 10.2. The molecule has 1 aromatic carbocycles. The molecule has 2 rings (SSSR count). The minimum absolute atomic E-state index is 0.276. The van der Waals surface area contributed by atoms with Crippen LogP contribution in [0.5, 0.6) is 0 Å². The van der Waals surface area contributed by atoms with Crippen LogP contribution in [0.25, 0.3) is 5.69 Å². The van der Waals surface area contributed by atoms with Gasteiger partial charge in [-0.3, -0.25) is 9.59 Å². The number of aromatic nitrogens is 1. The molecule has 0 aliphatic carbocycles. The Morgan fingerprint density at radius 2 is 1.82 bits per heavy atom. The maximum Gasteiger partial charge on any atom is 0.242 e. The van der Waals surface area contributed by atoms with Crippen LogP contribution in [0, 0.1) is 0 Å². The molecule has 1 heterocycles. The maximum absolute atomic E-state index is 11.4. The molecule has 0 unspecified atom stereocenters. The summed E-state index contributed by atoms with van der Waals surface area (Å²) >= 11 is 11.8. The van der Waals surface area contributed by atoms with Crippen molar-refractivity contribution in [3.05, 3.63) is 52.3 Å². The van der Waals surface area contributed by atoms with Gasteiger partial charge >= 0.3 is 0 Å². The van der Waals surface area contributed by atoms with Crippen molar-refractivity contribution in [2.45, 2.75) is 0 Å². The molecule has 0 N–H and O–H groups in total. The molecule has 0 spiro atoms. The number of ketones is 1. The van der Waals surface area contributed by atoms with Gasteiger partial charge in [-0.05, 0) is 30.3 Å². The van der Waals surface area contributed by atoms with Crippen LogP contribution in [0.4, 0.5) is 0 Å². The molecule has 0 saturated carbocycles. The largest absolute Gasteiger partial charge is 0.313 e. The molecule has 0 bridgehead atoms. The SMILES string of the molecule is O=CC(=O)c1cccn1-c1cc(Cl)cc(Cl)c1. The van der Waals surface area contributed by atoms with E-state index in [0.29, 0.717) is 15.7 Å². The standard InChI is InChI=1S/C12H7Cl2NO2/c13-8-4-9(14)6-10(5-8)15-3-1-2-11(15)12(17)7-16/h1-7H. The highest BCUT2D eigenvalue weighted by Crippen LogP contribution is 2.23. The van der Waals surface area contributed by atoms with Gasteiger partial charge in [0.15, 0.2) is 6.29 Å². The second-order valence-electron chi connectivity index (χ2n) is 3.37. The first kappa shape index (κ1) is 11.9. The number of aldehydes is 1. The second kappa shape index (κ2) is 4.73. The monoisotopic (exact) mass is 267 g/mol. The third-order valence-corrected chi connectivity index (χ3v) is 2.67. The number of carbonyl (C=O) groups is 2. The number of rotatable bonds is 3. The molecule has 2 aromatic rings. The highest BCUT2D eigenvalue weighted by molar-refractivity contribution is 6.35. The molecular formula is C12H7Cl2NO2. The summed E-state index contributed by atoms with van der Waals surface area (Å²) in [5.41, 5.74) is 0.913. The first-order valence-electron chi connectivity index (χ1n) is 4.75. The van der Waals surface area contributed by atoms with E-state index in [2.05, 4.69) is 0 Å². The van der Waals surface area contributed by atoms with Crippen LogP contribution in [-0.2, 0) is 4.79 Å². The van der Waals surface area contributed by atoms with E-state index in [9.17, 15) is 9.59 Å². The summed E-state index contributed by atoms with van der Waals surface area (Å²) in [6.45, 7) is 0. The fourth-order valence-corrected chi connectivity index (χ4v) is 2.06. The summed E-state index contributed by atoms with van der Waals surface area (Å²) < 4.78 is 1.56. The lowest BCUT2D eigenvalue weighted by molar-refractivity contribution is -0.104. The molecular weight excluding hydrogens is 261 g/mol. The fourth-order valence-electron chi connectivity index (χ4n) is 1.55. The zero-order chi connectivity index (χ0) is 12.4. The molecule has 0 aliphatic rings. The molecule has 0 saturated heterocycles. The van der Waals surface area contributed by atoms with Crippen molar-refractivity contribution in [1.29, 1.82) is 0 Å². The molecule has 1 aromatic heterocycles. The lowest BCUT2D eigenvalue weighted by Crippen LogP contribution is -2.07. The molecule has 17 heavy (non-hydrogen) atoms. The van der Waals surface area contributed by atoms with Gasteiger partial charge in [0.25, 0.3) is 0 Å². The average Bonchev–Trinajstić information content (AvgIpc) is 2.75. The molecule has 0 atom stereocenters. The lowest BCUT2D eigenvalue weighted by Gasteiger charge is -2.07. The Balaban J connectivity index is 2.57. The number of carbonyl (C=O) groups excluding carboxylic acids is 2. The molecule has 0 aliphatic heterocycles. The van der Waals surface area contributed by atoms with Crippen molar-refractivity contribution < 1.29 is 9.59 Å². The topological polar surface area (TPSA) is 39.1 Å². The van der Waals surface area contributed by atoms with Crippen LogP contribution in [0.1, 0.15) is 10.5 Å². The van der Waals surface area contributed by atoms with E-state index in [-0.39, 0.29) is 12.0 Å². The predicted molar refractivity (Wildman–Crippen MR) is 66.2 cm³/mol. The van der Waals surface area contributed by atoms with Crippen molar-refractivity contribution in [3.8, 4) is 5.69 Å². The van der Waals surface area contributed by atoms with Crippen LogP contribution in [0.3, 0.4) is 0 Å². The van der Waals surface area contributed by atoms with Crippen molar-refractivity contribution in [2.24, 2.45) is 0 Å². The zero-order valence-electron chi connectivity index (χ0n) is 8.56. The van der Waals surface area contributed by atoms with Gasteiger partial charge in [-0.15, -0.1) is 0 Å². The highest BCUT2D eigenvalue weighted by Gasteiger charge is 2.11. The van der Waals surface area contributed by atoms with E-state index < -0.39 is 5.78 Å². The summed E-state index contributed by atoms with van der Waals surface area (Å²) in [4.78, 5) is 21.9. The van der Waals surface area contributed by atoms with E-state index in [4.69, 9.17) is 23.2 Å². The predicted octanol–water partition coefficient (Wildman–Crippen LogP) is 3.17. The summed E-state index contributed by atoms with van der Waals surface area (Å²) in [5.74, 6) is -0.592. The number of hydrogen-bond donors (Lipinski definition) is 0. The van der Waals surface area contributed by atoms with Crippen LogP contribution >= 0.6 is 23.2 Å². The Kier molecular flexibility index (Phi) is 3.31. The second-order valence-corrected chi connectivity index (χ2v) is 4.25. The van der Waals surface area contributed by atoms with E-state index in [1.807, 2.05) is 0 Å². The van der Waals surface area contributed by atoms with Gasteiger partial charge < -0.3 is 4.57 Å². The smallest absolute Gasteiger partial charge is 0.242 e. The quantitative estimate of drug-likeness (QED) is 0.487. The summed E-state index contributed by atoms with van der Waals surface area (Å²) in [5, 5.41) is 0.927. The van der Waals surface area contributed by atoms with Crippen molar-refractivity contribution in [3.63, 3.8) is 0 Å². The molecule has 0 radical (unpaired) electrons. The Labute approximate surface area is 108 Å². The number of nitrogens with zero attached hydrogens (tertiary/aromatic N) is 1. The Hall–Kier alpha value is -1.58. The van der Waals surface area contributed by atoms with Gasteiger partial charge in [0, 0.05) is 21.9 Å². The van der Waals surface area contributed by atoms with Crippen LogP contribution in [0.15, 0.2) is 36.5 Å². The molecule has 86 valence electrons. The van der Waals surface area contributed by atoms with E-state index in [1.165, 1.54) is 0 Å². The number of hydrogen-bond acceptors (Lipinski definition) is 2. The van der Waals surface area contributed by atoms with Gasteiger partial charge in [0.2, 0.25) is 5.78 Å². The third-order valence-electron chi connectivity index (χ3n) is 2.23. The molecule has 0 amide bonds. The van der Waals surface area contributed by atoms with E-state index >= 15 is 0 Å². The molecule has 3 nitrogen and oxygen atoms in total. The first-order chi connectivity index (χ1) is 8.11. The number of Topliss-reactive ketones (excluding diaryl/α,β-unsaturated/α-hetero) is 1. The summed E-state index contributed by atoms with van der Waals surface area (Å²) in [6.07, 6.45) is 1.94. The van der Waals surface area contributed by atoms with E-state index in [0.717, 1.165) is 0 Å². The first-order valence-corrected chi connectivity index (χ1v) is 5.51. The molecule has 5 heteroatoms.